The normalized spacial score (nSPS) is 11.2. The molecule has 0 aliphatic heterocycles. The van der Waals surface area contributed by atoms with E-state index in [1.54, 1.807) is 13.0 Å². The van der Waals surface area contributed by atoms with Gasteiger partial charge in [-0.3, -0.25) is 0 Å². The molecule has 4 N–H and O–H groups in total. The van der Waals surface area contributed by atoms with Gasteiger partial charge in [-0.25, -0.2) is 14.4 Å². The second-order valence-electron chi connectivity index (χ2n) is 10.0. The summed E-state index contributed by atoms with van der Waals surface area (Å²) in [5, 5.41) is 11.5. The van der Waals surface area contributed by atoms with Gasteiger partial charge in [0.2, 0.25) is 0 Å². The number of nitrogen functional groups attached to an aromatic ring is 1. The lowest BCUT2D eigenvalue weighted by Crippen LogP contribution is -2.34. The number of nitrogens with one attached hydrogen (secondary N) is 2. The molecule has 0 fully saturated rings. The van der Waals surface area contributed by atoms with Crippen molar-refractivity contribution in [3.8, 4) is 22.5 Å². The minimum atomic E-state index is -0.256. The molecule has 3 rings (SSSR count). The number of hydrogen-bond acceptors (Lipinski definition) is 6. The number of anilines is 2. The van der Waals surface area contributed by atoms with Crippen molar-refractivity contribution in [3.05, 3.63) is 59.4 Å². The molecule has 1 aromatic heterocycles. The standard InChI is InChI=1S/C28H37FN6.C2H6/c1-7-28(4,5)17-35(6)15-14-32-27-24(19(3)30)25(31)33-26(34-27)21-11-9-20(10-12-21)22-16-18(2)8-13-23(22)29;1-2/h8-13,16,30H,7,14-15,17H2,1-6H3,(H3,31,32,33,34);1-2H3. The van der Waals surface area contributed by atoms with Gasteiger partial charge >= 0.3 is 0 Å². The molecular weight excluding hydrogens is 463 g/mol. The summed E-state index contributed by atoms with van der Waals surface area (Å²) in [6.45, 7) is 16.9. The van der Waals surface area contributed by atoms with E-state index in [1.165, 1.54) is 6.07 Å². The van der Waals surface area contributed by atoms with Crippen molar-refractivity contribution in [2.24, 2.45) is 5.41 Å². The van der Waals surface area contributed by atoms with Gasteiger partial charge in [-0.1, -0.05) is 70.5 Å². The molecule has 0 spiro atoms. The number of aryl methyl sites for hydroxylation is 1. The Bertz CT molecular complexity index is 1190. The summed E-state index contributed by atoms with van der Waals surface area (Å²) in [4.78, 5) is 11.5. The molecule has 0 unspecified atom stereocenters. The zero-order chi connectivity index (χ0) is 27.8. The van der Waals surface area contributed by atoms with Crippen molar-refractivity contribution in [2.45, 2.75) is 54.9 Å². The molecule has 0 aliphatic carbocycles. The fourth-order valence-corrected chi connectivity index (χ4v) is 4.05. The monoisotopic (exact) mass is 506 g/mol. The lowest BCUT2D eigenvalue weighted by atomic mass is 9.90. The molecule has 0 aliphatic rings. The molecule has 0 amide bonds. The van der Waals surface area contributed by atoms with E-state index >= 15 is 0 Å². The Labute approximate surface area is 222 Å². The minimum absolute atomic E-state index is 0.255. The van der Waals surface area contributed by atoms with Crippen LogP contribution in [0.4, 0.5) is 16.0 Å². The summed E-state index contributed by atoms with van der Waals surface area (Å²) in [5.41, 5.74) is 10.5. The fraction of sp³-hybridized carbons (Fsp3) is 0.433. The van der Waals surface area contributed by atoms with Crippen LogP contribution >= 0.6 is 0 Å². The Morgan fingerprint density at radius 3 is 2.30 bits per heavy atom. The zero-order valence-corrected chi connectivity index (χ0v) is 23.7. The number of hydrogen-bond donors (Lipinski definition) is 3. The van der Waals surface area contributed by atoms with Crippen LogP contribution in [0.1, 0.15) is 59.1 Å². The van der Waals surface area contributed by atoms with Crippen molar-refractivity contribution in [1.82, 2.24) is 14.9 Å². The smallest absolute Gasteiger partial charge is 0.163 e. The maximum absolute atomic E-state index is 14.3. The quantitative estimate of drug-likeness (QED) is 0.257. The van der Waals surface area contributed by atoms with E-state index in [0.717, 1.165) is 36.2 Å². The van der Waals surface area contributed by atoms with E-state index in [9.17, 15) is 4.39 Å². The summed E-state index contributed by atoms with van der Waals surface area (Å²) in [5.74, 6) is 1.02. The van der Waals surface area contributed by atoms with E-state index in [-0.39, 0.29) is 17.1 Å². The van der Waals surface area contributed by atoms with Crippen molar-refractivity contribution in [1.29, 1.82) is 5.41 Å². The van der Waals surface area contributed by atoms with Crippen LogP contribution < -0.4 is 11.1 Å². The van der Waals surface area contributed by atoms with Gasteiger partial charge in [-0.05, 0) is 50.4 Å². The van der Waals surface area contributed by atoms with Gasteiger partial charge < -0.3 is 21.4 Å². The average Bonchev–Trinajstić information content (AvgIpc) is 2.86. The Kier molecular flexibility index (Phi) is 10.7. The highest BCUT2D eigenvalue weighted by atomic mass is 19.1. The SMILES string of the molecule is CC.CCC(C)(C)CN(C)CCNc1nc(-c2ccc(-c3cc(C)ccc3F)cc2)nc(N)c1C(C)=N. The summed E-state index contributed by atoms with van der Waals surface area (Å²) >= 11 is 0. The predicted molar refractivity (Wildman–Crippen MR) is 156 cm³/mol. The molecule has 0 atom stereocenters. The van der Waals surface area contributed by atoms with Crippen LogP contribution in [0.2, 0.25) is 0 Å². The van der Waals surface area contributed by atoms with E-state index < -0.39 is 0 Å². The minimum Gasteiger partial charge on any atom is -0.383 e. The van der Waals surface area contributed by atoms with Crippen LogP contribution in [-0.4, -0.2) is 47.3 Å². The van der Waals surface area contributed by atoms with Crippen molar-refractivity contribution >= 4 is 17.3 Å². The molecule has 1 heterocycles. The first-order valence-electron chi connectivity index (χ1n) is 13.0. The lowest BCUT2D eigenvalue weighted by molar-refractivity contribution is 0.209. The Hall–Kier alpha value is -3.32. The molecule has 2 aromatic carbocycles. The zero-order valence-electron chi connectivity index (χ0n) is 23.7. The van der Waals surface area contributed by atoms with Gasteiger partial charge in [0, 0.05) is 36.5 Å². The number of nitrogens with zero attached hydrogens (tertiary/aromatic N) is 3. The van der Waals surface area contributed by atoms with Gasteiger partial charge in [-0.15, -0.1) is 0 Å². The van der Waals surface area contributed by atoms with Crippen LogP contribution in [0.15, 0.2) is 42.5 Å². The first kappa shape index (κ1) is 29.9. The largest absolute Gasteiger partial charge is 0.383 e. The second kappa shape index (κ2) is 13.3. The highest BCUT2D eigenvalue weighted by Crippen LogP contribution is 2.29. The molecule has 37 heavy (non-hydrogen) atoms. The summed E-state index contributed by atoms with van der Waals surface area (Å²) in [6, 6.07) is 12.5. The van der Waals surface area contributed by atoms with Crippen LogP contribution in [0.25, 0.3) is 22.5 Å². The second-order valence-corrected chi connectivity index (χ2v) is 10.0. The van der Waals surface area contributed by atoms with Crippen LogP contribution in [0.3, 0.4) is 0 Å². The van der Waals surface area contributed by atoms with E-state index in [2.05, 4.69) is 43.0 Å². The van der Waals surface area contributed by atoms with Gasteiger partial charge in [0.05, 0.1) is 5.56 Å². The third-order valence-corrected chi connectivity index (χ3v) is 6.33. The van der Waals surface area contributed by atoms with E-state index in [4.69, 9.17) is 16.1 Å². The first-order valence-corrected chi connectivity index (χ1v) is 13.0. The molecule has 0 radical (unpaired) electrons. The summed E-state index contributed by atoms with van der Waals surface area (Å²) in [6.07, 6.45) is 1.11. The highest BCUT2D eigenvalue weighted by Gasteiger charge is 2.19. The number of benzene rings is 2. The van der Waals surface area contributed by atoms with E-state index in [0.29, 0.717) is 35.0 Å². The Morgan fingerprint density at radius 2 is 1.70 bits per heavy atom. The third kappa shape index (κ3) is 8.09. The number of likely N-dealkylation sites (N-methyl/N-ethyl adjacent to an activating group) is 1. The number of nitrogens with two attached hydrogens (primary N) is 1. The van der Waals surface area contributed by atoms with Crippen LogP contribution in [-0.2, 0) is 0 Å². The summed E-state index contributed by atoms with van der Waals surface area (Å²) in [7, 11) is 2.11. The number of aromatic nitrogens is 2. The molecule has 3 aromatic rings. The van der Waals surface area contributed by atoms with Crippen LogP contribution in [0.5, 0.6) is 0 Å². The molecule has 0 saturated heterocycles. The van der Waals surface area contributed by atoms with Gasteiger partial charge in [-0.2, -0.15) is 0 Å². The molecule has 200 valence electrons. The molecule has 0 bridgehead atoms. The average molecular weight is 507 g/mol. The number of rotatable bonds is 10. The molecule has 6 nitrogen and oxygen atoms in total. The van der Waals surface area contributed by atoms with Crippen molar-refractivity contribution in [2.75, 3.05) is 37.7 Å². The van der Waals surface area contributed by atoms with Crippen molar-refractivity contribution in [3.63, 3.8) is 0 Å². The van der Waals surface area contributed by atoms with Crippen LogP contribution in [0, 0.1) is 23.6 Å². The maximum atomic E-state index is 14.3. The Morgan fingerprint density at radius 1 is 1.08 bits per heavy atom. The highest BCUT2D eigenvalue weighted by molar-refractivity contribution is 6.04. The van der Waals surface area contributed by atoms with Gasteiger partial charge in [0.1, 0.15) is 17.5 Å². The van der Waals surface area contributed by atoms with Crippen molar-refractivity contribution < 1.29 is 4.39 Å². The van der Waals surface area contributed by atoms with Gasteiger partial charge in [0.25, 0.3) is 0 Å². The van der Waals surface area contributed by atoms with E-state index in [1.807, 2.05) is 51.1 Å². The maximum Gasteiger partial charge on any atom is 0.163 e. The first-order chi connectivity index (χ1) is 17.5. The molecular formula is C30H43FN6. The molecule has 7 heteroatoms. The number of halogens is 1. The van der Waals surface area contributed by atoms with Gasteiger partial charge in [0.15, 0.2) is 5.82 Å². The fourth-order valence-electron chi connectivity index (χ4n) is 4.05. The molecule has 0 saturated carbocycles. The third-order valence-electron chi connectivity index (χ3n) is 6.33. The lowest BCUT2D eigenvalue weighted by Gasteiger charge is -2.29. The topological polar surface area (TPSA) is 90.9 Å². The Balaban J connectivity index is 0.00000235. The predicted octanol–water partition coefficient (Wildman–Crippen LogP) is 7.03. The summed E-state index contributed by atoms with van der Waals surface area (Å²) < 4.78 is 14.3.